The van der Waals surface area contributed by atoms with Crippen LogP contribution in [0.1, 0.15) is 21.5 Å². The third-order valence-electron chi connectivity index (χ3n) is 3.57. The predicted octanol–water partition coefficient (Wildman–Crippen LogP) is 3.98. The van der Waals surface area contributed by atoms with Gasteiger partial charge in [-0.25, -0.2) is 4.79 Å². The van der Waals surface area contributed by atoms with Crippen LogP contribution in [0.15, 0.2) is 53.0 Å². The largest absolute Gasteiger partial charge is 0.467 e. The number of benzene rings is 2. The van der Waals surface area contributed by atoms with Gasteiger partial charge in [-0.15, -0.1) is 0 Å². The van der Waals surface area contributed by atoms with Crippen molar-refractivity contribution in [2.24, 2.45) is 0 Å². The van der Waals surface area contributed by atoms with E-state index in [0.29, 0.717) is 0 Å². The maximum atomic E-state index is 12.8. The van der Waals surface area contributed by atoms with Crippen LogP contribution in [-0.2, 0) is 22.1 Å². The number of nitrogens with one attached hydrogen (secondary N) is 1. The van der Waals surface area contributed by atoms with Crippen molar-refractivity contribution in [3.63, 3.8) is 0 Å². The molecule has 0 saturated heterocycles. The van der Waals surface area contributed by atoms with E-state index in [4.69, 9.17) is 0 Å². The lowest BCUT2D eigenvalue weighted by Crippen LogP contribution is -2.43. The molecule has 1 amide bonds. The summed E-state index contributed by atoms with van der Waals surface area (Å²) < 4.78 is 43.9. The Morgan fingerprint density at radius 2 is 1.85 bits per heavy atom. The molecular weight excluding hydrogens is 415 g/mol. The molecule has 1 N–H and O–H groups in total. The molecule has 1 atom stereocenters. The first kappa shape index (κ1) is 20.0. The molecule has 0 saturated carbocycles. The highest BCUT2D eigenvalue weighted by molar-refractivity contribution is 9.10. The van der Waals surface area contributed by atoms with Crippen LogP contribution in [0.3, 0.4) is 0 Å². The first-order chi connectivity index (χ1) is 12.2. The number of carbonyl (C=O) groups excluding carboxylic acids is 2. The lowest BCUT2D eigenvalue weighted by Gasteiger charge is -2.17. The van der Waals surface area contributed by atoms with Crippen molar-refractivity contribution < 1.29 is 27.5 Å². The molecule has 138 valence electrons. The van der Waals surface area contributed by atoms with Gasteiger partial charge >= 0.3 is 12.1 Å². The number of halogens is 4. The SMILES string of the molecule is COC(=O)[C@H](Cc1cccc(Br)c1)NC(=O)c1cccc(C(F)(F)F)c1. The van der Waals surface area contributed by atoms with E-state index in [2.05, 4.69) is 26.0 Å². The second-order valence-corrected chi connectivity index (χ2v) is 6.38. The minimum absolute atomic E-state index is 0.136. The summed E-state index contributed by atoms with van der Waals surface area (Å²) in [6.07, 6.45) is -4.43. The predicted molar refractivity (Wildman–Crippen MR) is 92.6 cm³/mol. The Labute approximate surface area is 156 Å². The standard InChI is InChI=1S/C18H15BrF3NO3/c1-26-17(25)15(9-11-4-2-7-14(19)8-11)23-16(24)12-5-3-6-13(10-12)18(20,21)22/h2-8,10,15H,9H2,1H3,(H,23,24)/t15-/m0/s1. The fourth-order valence-corrected chi connectivity index (χ4v) is 2.76. The van der Waals surface area contributed by atoms with Gasteiger partial charge in [0.25, 0.3) is 5.91 Å². The van der Waals surface area contributed by atoms with E-state index in [0.717, 1.165) is 28.2 Å². The topological polar surface area (TPSA) is 55.4 Å². The van der Waals surface area contributed by atoms with Gasteiger partial charge in [0.15, 0.2) is 0 Å². The Morgan fingerprint density at radius 1 is 1.15 bits per heavy atom. The van der Waals surface area contributed by atoms with Crippen molar-refractivity contribution in [3.8, 4) is 0 Å². The molecule has 0 heterocycles. The van der Waals surface area contributed by atoms with E-state index in [1.807, 2.05) is 0 Å². The van der Waals surface area contributed by atoms with E-state index in [1.165, 1.54) is 13.2 Å². The summed E-state index contributed by atoms with van der Waals surface area (Å²) in [6, 6.07) is 10.1. The average molecular weight is 430 g/mol. The molecule has 0 aliphatic rings. The van der Waals surface area contributed by atoms with E-state index < -0.39 is 29.7 Å². The van der Waals surface area contributed by atoms with E-state index in [9.17, 15) is 22.8 Å². The second-order valence-electron chi connectivity index (χ2n) is 5.46. The molecule has 0 spiro atoms. The molecule has 0 unspecified atom stereocenters. The summed E-state index contributed by atoms with van der Waals surface area (Å²) in [5.74, 6) is -1.48. The van der Waals surface area contributed by atoms with Crippen molar-refractivity contribution in [3.05, 3.63) is 69.7 Å². The van der Waals surface area contributed by atoms with Gasteiger partial charge in [0.1, 0.15) is 6.04 Å². The van der Waals surface area contributed by atoms with Crippen LogP contribution in [0.5, 0.6) is 0 Å². The zero-order valence-corrected chi connectivity index (χ0v) is 15.2. The van der Waals surface area contributed by atoms with Crippen molar-refractivity contribution in [1.29, 1.82) is 0 Å². The minimum Gasteiger partial charge on any atom is -0.467 e. The zero-order chi connectivity index (χ0) is 19.3. The van der Waals surface area contributed by atoms with Gasteiger partial charge in [0.2, 0.25) is 0 Å². The van der Waals surface area contributed by atoms with Gasteiger partial charge < -0.3 is 10.1 Å². The first-order valence-corrected chi connectivity index (χ1v) is 8.30. The lowest BCUT2D eigenvalue weighted by molar-refractivity contribution is -0.143. The van der Waals surface area contributed by atoms with Crippen LogP contribution in [0.2, 0.25) is 0 Å². The molecule has 26 heavy (non-hydrogen) atoms. The summed E-state index contributed by atoms with van der Waals surface area (Å²) in [6.45, 7) is 0. The number of carbonyl (C=O) groups is 2. The van der Waals surface area contributed by atoms with Crippen molar-refractivity contribution in [2.75, 3.05) is 7.11 Å². The molecule has 2 aromatic rings. The van der Waals surface area contributed by atoms with Crippen LogP contribution in [-0.4, -0.2) is 25.0 Å². The fourth-order valence-electron chi connectivity index (χ4n) is 2.31. The molecule has 0 aromatic heterocycles. The summed E-state index contributed by atoms with van der Waals surface area (Å²) in [5, 5.41) is 2.43. The van der Waals surface area contributed by atoms with Gasteiger partial charge in [-0.2, -0.15) is 13.2 Å². The number of ether oxygens (including phenoxy) is 1. The Kier molecular flexibility index (Phi) is 6.42. The highest BCUT2D eigenvalue weighted by atomic mass is 79.9. The molecule has 0 bridgehead atoms. The molecular formula is C18H15BrF3NO3. The van der Waals surface area contributed by atoms with Crippen molar-refractivity contribution in [2.45, 2.75) is 18.6 Å². The molecule has 0 aliphatic carbocycles. The Bertz CT molecular complexity index is 808. The fraction of sp³-hybridized carbons (Fsp3) is 0.222. The number of amides is 1. The first-order valence-electron chi connectivity index (χ1n) is 7.51. The average Bonchev–Trinajstić information content (AvgIpc) is 2.60. The van der Waals surface area contributed by atoms with Gasteiger partial charge in [-0.3, -0.25) is 4.79 Å². The highest BCUT2D eigenvalue weighted by Gasteiger charge is 2.31. The molecule has 2 aromatic carbocycles. The maximum absolute atomic E-state index is 12.8. The van der Waals surface area contributed by atoms with E-state index >= 15 is 0 Å². The van der Waals surface area contributed by atoms with Crippen molar-refractivity contribution in [1.82, 2.24) is 5.32 Å². The van der Waals surface area contributed by atoms with Crippen LogP contribution < -0.4 is 5.32 Å². The smallest absolute Gasteiger partial charge is 0.416 e. The molecule has 2 rings (SSSR count). The normalized spacial score (nSPS) is 12.3. The molecule has 0 fully saturated rings. The molecule has 8 heteroatoms. The van der Waals surface area contributed by atoms with Crippen molar-refractivity contribution >= 4 is 27.8 Å². The number of rotatable bonds is 5. The number of hydrogen-bond donors (Lipinski definition) is 1. The zero-order valence-electron chi connectivity index (χ0n) is 13.6. The Balaban J connectivity index is 2.20. The monoisotopic (exact) mass is 429 g/mol. The van der Waals surface area contributed by atoms with E-state index in [-0.39, 0.29) is 12.0 Å². The second kappa shape index (κ2) is 8.35. The Hall–Kier alpha value is -2.35. The van der Waals surface area contributed by atoms with Crippen LogP contribution in [0.25, 0.3) is 0 Å². The Morgan fingerprint density at radius 3 is 2.46 bits per heavy atom. The third kappa shape index (κ3) is 5.32. The van der Waals surface area contributed by atoms with Gasteiger partial charge in [0, 0.05) is 16.5 Å². The number of esters is 1. The molecule has 0 aliphatic heterocycles. The molecule has 4 nitrogen and oxygen atoms in total. The van der Waals surface area contributed by atoms with Crippen LogP contribution in [0.4, 0.5) is 13.2 Å². The van der Waals surface area contributed by atoms with Gasteiger partial charge in [-0.1, -0.05) is 34.1 Å². The number of methoxy groups -OCH3 is 1. The third-order valence-corrected chi connectivity index (χ3v) is 4.07. The number of hydrogen-bond acceptors (Lipinski definition) is 3. The molecule has 0 radical (unpaired) electrons. The summed E-state index contributed by atoms with van der Waals surface area (Å²) in [4.78, 5) is 24.3. The van der Waals surface area contributed by atoms with Crippen LogP contribution >= 0.6 is 15.9 Å². The summed E-state index contributed by atoms with van der Waals surface area (Å²) in [5.41, 5.74) is -0.381. The number of alkyl halides is 3. The van der Waals surface area contributed by atoms with Crippen LogP contribution in [0, 0.1) is 0 Å². The summed E-state index contributed by atoms with van der Waals surface area (Å²) in [7, 11) is 1.17. The highest BCUT2D eigenvalue weighted by Crippen LogP contribution is 2.29. The maximum Gasteiger partial charge on any atom is 0.416 e. The van der Waals surface area contributed by atoms with Gasteiger partial charge in [-0.05, 0) is 35.9 Å². The lowest BCUT2D eigenvalue weighted by atomic mass is 10.0. The van der Waals surface area contributed by atoms with Gasteiger partial charge in [0.05, 0.1) is 12.7 Å². The quantitative estimate of drug-likeness (QED) is 0.731. The summed E-state index contributed by atoms with van der Waals surface area (Å²) >= 11 is 3.31. The van der Waals surface area contributed by atoms with E-state index in [1.54, 1.807) is 24.3 Å². The minimum atomic E-state index is -4.56.